The summed E-state index contributed by atoms with van der Waals surface area (Å²) in [4.78, 5) is 2.26. The van der Waals surface area contributed by atoms with Gasteiger partial charge in [-0.2, -0.15) is 4.68 Å². The Hall–Kier alpha value is -1.95. The lowest BCUT2D eigenvalue weighted by molar-refractivity contribution is 0.587. The predicted molar refractivity (Wildman–Crippen MR) is 77.8 cm³/mol. The highest BCUT2D eigenvalue weighted by molar-refractivity contribution is 5.41. The van der Waals surface area contributed by atoms with Crippen molar-refractivity contribution in [2.75, 3.05) is 18.0 Å². The number of aromatic nitrogens is 4. The highest BCUT2D eigenvalue weighted by atomic mass is 15.6. The van der Waals surface area contributed by atoms with Crippen LogP contribution < -0.4 is 10.6 Å². The lowest BCUT2D eigenvalue weighted by Crippen LogP contribution is -2.39. The van der Waals surface area contributed by atoms with Crippen LogP contribution in [0.4, 0.5) is 5.95 Å². The summed E-state index contributed by atoms with van der Waals surface area (Å²) in [6.07, 6.45) is 4.95. The van der Waals surface area contributed by atoms with Crippen LogP contribution in [0.15, 0.2) is 30.3 Å². The molecule has 1 aromatic carbocycles. The van der Waals surface area contributed by atoms with Gasteiger partial charge in [0.2, 0.25) is 0 Å². The molecule has 0 bridgehead atoms. The summed E-state index contributed by atoms with van der Waals surface area (Å²) >= 11 is 0. The number of hydrogen-bond acceptors (Lipinski definition) is 5. The fraction of sp³-hybridized carbons (Fsp3) is 0.500. The second-order valence-electron chi connectivity index (χ2n) is 5.15. The van der Waals surface area contributed by atoms with Crippen molar-refractivity contribution in [3.05, 3.63) is 30.3 Å². The number of tetrazole rings is 1. The highest BCUT2D eigenvalue weighted by Crippen LogP contribution is 2.27. The van der Waals surface area contributed by atoms with E-state index in [9.17, 15) is 0 Å². The Morgan fingerprint density at radius 1 is 1.20 bits per heavy atom. The molecule has 0 unspecified atom stereocenters. The predicted octanol–water partition coefficient (Wildman–Crippen LogP) is 1.37. The lowest BCUT2D eigenvalue weighted by Gasteiger charge is -2.28. The minimum Gasteiger partial charge on any atom is -0.335 e. The number of anilines is 1. The molecule has 0 aliphatic heterocycles. The summed E-state index contributed by atoms with van der Waals surface area (Å²) in [5.41, 5.74) is 6.75. The molecule has 0 amide bonds. The van der Waals surface area contributed by atoms with Crippen molar-refractivity contribution in [3.8, 4) is 5.69 Å². The quantitative estimate of drug-likeness (QED) is 0.890. The van der Waals surface area contributed by atoms with Gasteiger partial charge in [0.25, 0.3) is 5.95 Å². The van der Waals surface area contributed by atoms with E-state index in [-0.39, 0.29) is 0 Å². The first kappa shape index (κ1) is 13.1. The average molecular weight is 272 g/mol. The summed E-state index contributed by atoms with van der Waals surface area (Å²) in [5.74, 6) is 0.800. The number of nitrogens with two attached hydrogens (primary N) is 1. The molecule has 1 heterocycles. The largest absolute Gasteiger partial charge is 0.335 e. The van der Waals surface area contributed by atoms with Crippen LogP contribution in [-0.2, 0) is 0 Å². The van der Waals surface area contributed by atoms with Crippen LogP contribution in [0.5, 0.6) is 0 Å². The van der Waals surface area contributed by atoms with E-state index in [1.807, 2.05) is 30.3 Å². The SMILES string of the molecule is NCCN(c1nnnn1-c1ccccc1)C1CCCC1. The maximum absolute atomic E-state index is 5.77. The monoisotopic (exact) mass is 272 g/mol. The fourth-order valence-electron chi connectivity index (χ4n) is 2.90. The van der Waals surface area contributed by atoms with Crippen molar-refractivity contribution in [1.29, 1.82) is 0 Å². The molecule has 0 spiro atoms. The Bertz CT molecular complexity index is 532. The first-order valence-electron chi connectivity index (χ1n) is 7.20. The van der Waals surface area contributed by atoms with E-state index in [1.54, 1.807) is 4.68 Å². The molecule has 0 radical (unpaired) electrons. The van der Waals surface area contributed by atoms with Crippen LogP contribution >= 0.6 is 0 Å². The van der Waals surface area contributed by atoms with E-state index in [2.05, 4.69) is 20.4 Å². The normalized spacial score (nSPS) is 15.7. The van der Waals surface area contributed by atoms with Crippen molar-refractivity contribution >= 4 is 5.95 Å². The number of benzene rings is 1. The average Bonchev–Trinajstić information content (AvgIpc) is 3.17. The van der Waals surface area contributed by atoms with Gasteiger partial charge in [-0.15, -0.1) is 0 Å². The van der Waals surface area contributed by atoms with E-state index in [1.165, 1.54) is 25.7 Å². The summed E-state index contributed by atoms with van der Waals surface area (Å²) in [5, 5.41) is 12.2. The molecule has 0 atom stereocenters. The van der Waals surface area contributed by atoms with Crippen LogP contribution in [0.3, 0.4) is 0 Å². The topological polar surface area (TPSA) is 72.9 Å². The van der Waals surface area contributed by atoms with Crippen molar-refractivity contribution < 1.29 is 0 Å². The molecule has 0 saturated heterocycles. The van der Waals surface area contributed by atoms with Gasteiger partial charge in [-0.25, -0.2) is 0 Å². The number of hydrogen-bond donors (Lipinski definition) is 1. The van der Waals surface area contributed by atoms with E-state index < -0.39 is 0 Å². The van der Waals surface area contributed by atoms with Gasteiger partial charge in [-0.3, -0.25) is 0 Å². The van der Waals surface area contributed by atoms with E-state index in [0.29, 0.717) is 12.6 Å². The highest BCUT2D eigenvalue weighted by Gasteiger charge is 2.26. The van der Waals surface area contributed by atoms with Gasteiger partial charge in [0, 0.05) is 19.1 Å². The summed E-state index contributed by atoms with van der Waals surface area (Å²) in [7, 11) is 0. The molecule has 6 heteroatoms. The van der Waals surface area contributed by atoms with Gasteiger partial charge >= 0.3 is 0 Å². The van der Waals surface area contributed by atoms with Gasteiger partial charge in [0.15, 0.2) is 0 Å². The number of nitrogens with zero attached hydrogens (tertiary/aromatic N) is 5. The zero-order chi connectivity index (χ0) is 13.8. The van der Waals surface area contributed by atoms with Crippen molar-refractivity contribution in [2.24, 2.45) is 5.73 Å². The minimum absolute atomic E-state index is 0.506. The minimum atomic E-state index is 0.506. The summed E-state index contributed by atoms with van der Waals surface area (Å²) < 4.78 is 1.80. The van der Waals surface area contributed by atoms with Crippen molar-refractivity contribution in [2.45, 2.75) is 31.7 Å². The zero-order valence-electron chi connectivity index (χ0n) is 11.5. The van der Waals surface area contributed by atoms with Gasteiger partial charge in [0.1, 0.15) is 0 Å². The maximum Gasteiger partial charge on any atom is 0.250 e. The van der Waals surface area contributed by atoms with Crippen LogP contribution in [0.2, 0.25) is 0 Å². The molecule has 1 saturated carbocycles. The Morgan fingerprint density at radius 2 is 1.95 bits per heavy atom. The Balaban J connectivity index is 1.93. The maximum atomic E-state index is 5.77. The Kier molecular flexibility index (Phi) is 3.92. The standard InChI is InChI=1S/C14H20N6/c15-10-11-19(12-6-4-5-7-12)14-16-17-18-20(14)13-8-2-1-3-9-13/h1-3,8-9,12H,4-7,10-11,15H2. The first-order valence-corrected chi connectivity index (χ1v) is 7.20. The molecule has 3 rings (SSSR count). The molecule has 1 aromatic heterocycles. The molecule has 1 fully saturated rings. The molecule has 2 aromatic rings. The van der Waals surface area contributed by atoms with Crippen LogP contribution in [-0.4, -0.2) is 39.3 Å². The molecule has 2 N–H and O–H groups in total. The van der Waals surface area contributed by atoms with Gasteiger partial charge < -0.3 is 10.6 Å². The van der Waals surface area contributed by atoms with Crippen LogP contribution in [0.1, 0.15) is 25.7 Å². The van der Waals surface area contributed by atoms with Gasteiger partial charge in [-0.1, -0.05) is 36.1 Å². The first-order chi connectivity index (χ1) is 9.90. The lowest BCUT2D eigenvalue weighted by atomic mass is 10.2. The molecule has 1 aliphatic carbocycles. The molecule has 1 aliphatic rings. The number of para-hydroxylation sites is 1. The molecule has 20 heavy (non-hydrogen) atoms. The third-order valence-corrected chi connectivity index (χ3v) is 3.85. The van der Waals surface area contributed by atoms with E-state index in [0.717, 1.165) is 18.2 Å². The third-order valence-electron chi connectivity index (χ3n) is 3.85. The fourth-order valence-corrected chi connectivity index (χ4v) is 2.90. The van der Waals surface area contributed by atoms with E-state index in [4.69, 9.17) is 5.73 Å². The van der Waals surface area contributed by atoms with Crippen molar-refractivity contribution in [1.82, 2.24) is 20.2 Å². The Labute approximate surface area is 118 Å². The molecular weight excluding hydrogens is 252 g/mol. The number of rotatable bonds is 5. The zero-order valence-corrected chi connectivity index (χ0v) is 11.5. The molecule has 106 valence electrons. The molecule has 6 nitrogen and oxygen atoms in total. The summed E-state index contributed by atoms with van der Waals surface area (Å²) in [6, 6.07) is 10.5. The third kappa shape index (κ3) is 2.51. The van der Waals surface area contributed by atoms with Gasteiger partial charge in [-0.05, 0) is 35.4 Å². The van der Waals surface area contributed by atoms with Crippen LogP contribution in [0.25, 0.3) is 5.69 Å². The summed E-state index contributed by atoms with van der Waals surface area (Å²) in [6.45, 7) is 1.40. The second-order valence-corrected chi connectivity index (χ2v) is 5.15. The van der Waals surface area contributed by atoms with Crippen molar-refractivity contribution in [3.63, 3.8) is 0 Å². The smallest absolute Gasteiger partial charge is 0.250 e. The molecular formula is C14H20N6. The van der Waals surface area contributed by atoms with Gasteiger partial charge in [0.05, 0.1) is 5.69 Å². The Morgan fingerprint density at radius 3 is 2.65 bits per heavy atom. The van der Waals surface area contributed by atoms with Crippen LogP contribution in [0, 0.1) is 0 Å². The second kappa shape index (κ2) is 6.00. The van der Waals surface area contributed by atoms with E-state index >= 15 is 0 Å².